The van der Waals surface area contributed by atoms with Crippen LogP contribution in [-0.2, 0) is 14.3 Å². The molecule has 1 aliphatic rings. The van der Waals surface area contributed by atoms with Gasteiger partial charge >= 0.3 is 12.0 Å². The highest BCUT2D eigenvalue weighted by atomic mass is 16.5. The largest absolute Gasteiger partial charge is 0.468 e. The van der Waals surface area contributed by atoms with E-state index in [-0.39, 0.29) is 13.1 Å². The predicted octanol–water partition coefficient (Wildman–Crippen LogP) is -1.29. The van der Waals surface area contributed by atoms with Crippen molar-refractivity contribution in [2.75, 3.05) is 20.2 Å². The van der Waals surface area contributed by atoms with E-state index in [0.717, 1.165) is 4.90 Å². The van der Waals surface area contributed by atoms with Crippen LogP contribution in [0.1, 0.15) is 0 Å². The summed E-state index contributed by atoms with van der Waals surface area (Å²) >= 11 is 0. The molecule has 6 heteroatoms. The summed E-state index contributed by atoms with van der Waals surface area (Å²) in [5, 5.41) is 2.28. The van der Waals surface area contributed by atoms with E-state index < -0.39 is 17.9 Å². The highest BCUT2D eigenvalue weighted by molar-refractivity contribution is 6.04. The Morgan fingerprint density at radius 1 is 1.67 bits per heavy atom. The Labute approximate surface area is 68.5 Å². The van der Waals surface area contributed by atoms with E-state index in [1.807, 2.05) is 0 Å². The molecule has 0 atom stereocenters. The Bertz CT molecular complexity index is 222. The molecule has 1 N–H and O–H groups in total. The van der Waals surface area contributed by atoms with Gasteiger partial charge in [-0.1, -0.05) is 0 Å². The summed E-state index contributed by atoms with van der Waals surface area (Å²) in [5.74, 6) is -1.02. The number of nitrogens with one attached hydrogen (secondary N) is 1. The number of hydrogen-bond acceptors (Lipinski definition) is 4. The van der Waals surface area contributed by atoms with Gasteiger partial charge in [0, 0.05) is 0 Å². The van der Waals surface area contributed by atoms with Crippen molar-refractivity contribution in [3.63, 3.8) is 0 Å². The first-order valence-corrected chi connectivity index (χ1v) is 3.30. The van der Waals surface area contributed by atoms with E-state index in [0.29, 0.717) is 0 Å². The topological polar surface area (TPSA) is 75.7 Å². The van der Waals surface area contributed by atoms with E-state index >= 15 is 0 Å². The Kier molecular flexibility index (Phi) is 2.27. The molecule has 0 bridgehead atoms. The minimum Gasteiger partial charge on any atom is -0.468 e. The van der Waals surface area contributed by atoms with E-state index in [4.69, 9.17) is 0 Å². The number of rotatable bonds is 2. The van der Waals surface area contributed by atoms with Crippen molar-refractivity contribution in [1.82, 2.24) is 10.2 Å². The fraction of sp³-hybridized carbons (Fsp3) is 0.500. The molecule has 1 rings (SSSR count). The quantitative estimate of drug-likeness (QED) is 0.415. The predicted molar refractivity (Wildman–Crippen MR) is 37.1 cm³/mol. The number of ether oxygens (including phenoxy) is 1. The molecular formula is C6H8N2O4. The normalized spacial score (nSPS) is 16.2. The number of carbonyl (C=O) groups is 3. The van der Waals surface area contributed by atoms with Crippen molar-refractivity contribution in [3.05, 3.63) is 0 Å². The maximum atomic E-state index is 10.9. The number of nitrogens with zero attached hydrogens (tertiary/aromatic N) is 1. The SMILES string of the molecule is COC(=O)CN1C(=O)CNC1=O. The van der Waals surface area contributed by atoms with Crippen LogP contribution in [0.4, 0.5) is 4.79 Å². The second kappa shape index (κ2) is 3.21. The van der Waals surface area contributed by atoms with Crippen LogP contribution in [0, 0.1) is 0 Å². The van der Waals surface area contributed by atoms with E-state index in [9.17, 15) is 14.4 Å². The molecular weight excluding hydrogens is 164 g/mol. The number of esters is 1. The molecule has 1 saturated heterocycles. The van der Waals surface area contributed by atoms with Gasteiger partial charge in [-0.3, -0.25) is 14.5 Å². The first-order valence-electron chi connectivity index (χ1n) is 3.30. The molecule has 6 nitrogen and oxygen atoms in total. The molecule has 3 amide bonds. The van der Waals surface area contributed by atoms with Crippen LogP contribution in [0.15, 0.2) is 0 Å². The lowest BCUT2D eigenvalue weighted by molar-refractivity contribution is -0.144. The van der Waals surface area contributed by atoms with Gasteiger partial charge in [-0.05, 0) is 0 Å². The maximum Gasteiger partial charge on any atom is 0.325 e. The molecule has 12 heavy (non-hydrogen) atoms. The Balaban J connectivity index is 2.56. The molecule has 0 aromatic rings. The molecule has 0 radical (unpaired) electrons. The molecule has 0 aliphatic carbocycles. The van der Waals surface area contributed by atoms with Gasteiger partial charge in [0.1, 0.15) is 6.54 Å². The highest BCUT2D eigenvalue weighted by Gasteiger charge is 2.30. The van der Waals surface area contributed by atoms with Gasteiger partial charge in [0.05, 0.1) is 13.7 Å². The van der Waals surface area contributed by atoms with E-state index in [1.165, 1.54) is 7.11 Å². The number of amides is 3. The second-order valence-electron chi connectivity index (χ2n) is 2.21. The van der Waals surface area contributed by atoms with Gasteiger partial charge < -0.3 is 10.1 Å². The highest BCUT2D eigenvalue weighted by Crippen LogP contribution is 1.98. The summed E-state index contributed by atoms with van der Waals surface area (Å²) in [6.45, 7) is -0.364. The number of methoxy groups -OCH3 is 1. The number of urea groups is 1. The third-order valence-corrected chi connectivity index (χ3v) is 1.45. The summed E-state index contributed by atoms with van der Waals surface area (Å²) in [6, 6.07) is -0.551. The third-order valence-electron chi connectivity index (χ3n) is 1.45. The molecule has 0 spiro atoms. The molecule has 1 aliphatic heterocycles. The summed E-state index contributed by atoms with van der Waals surface area (Å²) in [4.78, 5) is 33.2. The van der Waals surface area contributed by atoms with Crippen LogP contribution < -0.4 is 5.32 Å². The van der Waals surface area contributed by atoms with Crippen LogP contribution in [0.3, 0.4) is 0 Å². The van der Waals surface area contributed by atoms with E-state index in [2.05, 4.69) is 10.1 Å². The second-order valence-corrected chi connectivity index (χ2v) is 2.21. The van der Waals surface area contributed by atoms with Crippen molar-refractivity contribution in [2.24, 2.45) is 0 Å². The van der Waals surface area contributed by atoms with Crippen molar-refractivity contribution in [3.8, 4) is 0 Å². The zero-order chi connectivity index (χ0) is 9.14. The van der Waals surface area contributed by atoms with Crippen molar-refractivity contribution in [1.29, 1.82) is 0 Å². The minimum atomic E-state index is -0.611. The average molecular weight is 172 g/mol. The van der Waals surface area contributed by atoms with Crippen molar-refractivity contribution >= 4 is 17.9 Å². The fourth-order valence-corrected chi connectivity index (χ4v) is 0.809. The molecule has 1 heterocycles. The summed E-state index contributed by atoms with van der Waals surface area (Å²) in [7, 11) is 1.20. The summed E-state index contributed by atoms with van der Waals surface area (Å²) in [5.41, 5.74) is 0. The Morgan fingerprint density at radius 3 is 2.75 bits per heavy atom. The third kappa shape index (κ3) is 1.52. The smallest absolute Gasteiger partial charge is 0.325 e. The van der Waals surface area contributed by atoms with Crippen LogP contribution in [0.2, 0.25) is 0 Å². The number of imide groups is 1. The lowest BCUT2D eigenvalue weighted by atomic mass is 10.5. The number of carbonyl (C=O) groups excluding carboxylic acids is 3. The zero-order valence-corrected chi connectivity index (χ0v) is 6.49. The molecule has 0 unspecified atom stereocenters. The first kappa shape index (κ1) is 8.51. The maximum absolute atomic E-state index is 10.9. The van der Waals surface area contributed by atoms with Gasteiger partial charge in [0.25, 0.3) is 5.91 Å². The van der Waals surface area contributed by atoms with Crippen LogP contribution >= 0.6 is 0 Å². The lowest BCUT2D eigenvalue weighted by Gasteiger charge is -2.09. The molecule has 66 valence electrons. The van der Waals surface area contributed by atoms with Crippen molar-refractivity contribution in [2.45, 2.75) is 0 Å². The minimum absolute atomic E-state index is 0.0458. The number of hydrogen-bond donors (Lipinski definition) is 1. The lowest BCUT2D eigenvalue weighted by Crippen LogP contribution is -2.36. The van der Waals surface area contributed by atoms with Crippen LogP contribution in [0.5, 0.6) is 0 Å². The van der Waals surface area contributed by atoms with Gasteiger partial charge in [0.2, 0.25) is 0 Å². The monoisotopic (exact) mass is 172 g/mol. The molecule has 0 aromatic heterocycles. The average Bonchev–Trinajstić information content (AvgIpc) is 2.35. The summed E-state index contributed by atoms with van der Waals surface area (Å²) in [6.07, 6.45) is 0. The first-order chi connectivity index (χ1) is 5.65. The molecule has 0 saturated carbocycles. The summed E-state index contributed by atoms with van der Waals surface area (Å²) < 4.78 is 4.30. The molecule has 0 aromatic carbocycles. The van der Waals surface area contributed by atoms with Crippen LogP contribution in [-0.4, -0.2) is 43.0 Å². The van der Waals surface area contributed by atoms with Gasteiger partial charge in [-0.2, -0.15) is 0 Å². The standard InChI is InChI=1S/C6H8N2O4/c1-12-5(10)3-8-4(9)2-7-6(8)11/h2-3H2,1H3,(H,7,11). The molecule has 1 fully saturated rings. The van der Waals surface area contributed by atoms with Crippen LogP contribution in [0.25, 0.3) is 0 Å². The van der Waals surface area contributed by atoms with Gasteiger partial charge in [-0.15, -0.1) is 0 Å². The van der Waals surface area contributed by atoms with Gasteiger partial charge in [0.15, 0.2) is 0 Å². The Morgan fingerprint density at radius 2 is 2.33 bits per heavy atom. The zero-order valence-electron chi connectivity index (χ0n) is 6.49. The van der Waals surface area contributed by atoms with E-state index in [1.54, 1.807) is 0 Å². The van der Waals surface area contributed by atoms with Gasteiger partial charge in [-0.25, -0.2) is 4.79 Å². The fourth-order valence-electron chi connectivity index (χ4n) is 0.809. The Hall–Kier alpha value is -1.59. The van der Waals surface area contributed by atoms with Crippen molar-refractivity contribution < 1.29 is 19.1 Å².